The van der Waals surface area contributed by atoms with Gasteiger partial charge in [0.2, 0.25) is 0 Å². The highest BCUT2D eigenvalue weighted by Crippen LogP contribution is 2.46. The molecule has 15 heavy (non-hydrogen) atoms. The lowest BCUT2D eigenvalue weighted by molar-refractivity contribution is 0.476. The zero-order valence-corrected chi connectivity index (χ0v) is 9.53. The molecule has 1 aromatic carbocycles. The molecule has 3 unspecified atom stereocenters. The van der Waals surface area contributed by atoms with E-state index in [2.05, 4.69) is 43.5 Å². The van der Waals surface area contributed by atoms with Gasteiger partial charge in [0, 0.05) is 6.04 Å². The van der Waals surface area contributed by atoms with Crippen LogP contribution in [0.2, 0.25) is 0 Å². The molecule has 0 radical (unpaired) electrons. The number of nitrogens with two attached hydrogens (primary N) is 1. The fraction of sp³-hybridized carbons (Fsp3) is 0.538. The molecule has 0 amide bonds. The maximum Gasteiger partial charge on any atom is 0.0490 e. The summed E-state index contributed by atoms with van der Waals surface area (Å²) in [5, 5.41) is 0. The second-order valence-electron chi connectivity index (χ2n) is 4.62. The van der Waals surface area contributed by atoms with Crippen LogP contribution in [0, 0.1) is 11.8 Å². The third kappa shape index (κ3) is 2.21. The zero-order valence-electron chi connectivity index (χ0n) is 9.53. The molecule has 82 valence electrons. The minimum Gasteiger partial charge on any atom is -0.271 e. The van der Waals surface area contributed by atoms with Crippen LogP contribution in [0.25, 0.3) is 0 Å². The van der Waals surface area contributed by atoms with Crippen molar-refractivity contribution in [3.05, 3.63) is 35.4 Å². The van der Waals surface area contributed by atoms with E-state index in [0.29, 0.717) is 6.04 Å². The van der Waals surface area contributed by atoms with Gasteiger partial charge in [0.15, 0.2) is 0 Å². The topological polar surface area (TPSA) is 38.0 Å². The van der Waals surface area contributed by atoms with Crippen molar-refractivity contribution in [1.29, 1.82) is 0 Å². The van der Waals surface area contributed by atoms with Crippen molar-refractivity contribution in [2.24, 2.45) is 17.7 Å². The third-order valence-corrected chi connectivity index (χ3v) is 3.53. The zero-order chi connectivity index (χ0) is 10.8. The summed E-state index contributed by atoms with van der Waals surface area (Å²) in [6.07, 6.45) is 2.39. The Labute approximate surface area is 91.8 Å². The van der Waals surface area contributed by atoms with Crippen molar-refractivity contribution < 1.29 is 0 Å². The number of rotatable bonds is 4. The highest BCUT2D eigenvalue weighted by molar-refractivity contribution is 5.26. The SMILES string of the molecule is CCc1ccc(C(NN)C2CC2C)cc1. The lowest BCUT2D eigenvalue weighted by atomic mass is 10.00. The summed E-state index contributed by atoms with van der Waals surface area (Å²) in [5.41, 5.74) is 5.66. The van der Waals surface area contributed by atoms with Crippen LogP contribution in [0.1, 0.15) is 37.4 Å². The summed E-state index contributed by atoms with van der Waals surface area (Å²) < 4.78 is 0. The predicted octanol–water partition coefficient (Wildman–Crippen LogP) is 2.41. The minimum atomic E-state index is 0.339. The second kappa shape index (κ2) is 4.33. The molecule has 3 N–H and O–H groups in total. The molecule has 2 rings (SSSR count). The molecule has 0 heterocycles. The van der Waals surface area contributed by atoms with E-state index in [4.69, 9.17) is 5.84 Å². The van der Waals surface area contributed by atoms with Gasteiger partial charge in [0.25, 0.3) is 0 Å². The molecule has 1 aliphatic carbocycles. The molecule has 1 fully saturated rings. The van der Waals surface area contributed by atoms with Gasteiger partial charge in [0.1, 0.15) is 0 Å². The summed E-state index contributed by atoms with van der Waals surface area (Å²) in [4.78, 5) is 0. The monoisotopic (exact) mass is 204 g/mol. The molecule has 2 nitrogen and oxygen atoms in total. The van der Waals surface area contributed by atoms with Crippen LogP contribution in [0.15, 0.2) is 24.3 Å². The lowest BCUT2D eigenvalue weighted by Gasteiger charge is -2.16. The van der Waals surface area contributed by atoms with E-state index in [9.17, 15) is 0 Å². The highest BCUT2D eigenvalue weighted by Gasteiger charge is 2.39. The molecule has 3 atom stereocenters. The van der Waals surface area contributed by atoms with Crippen molar-refractivity contribution in [2.75, 3.05) is 0 Å². The van der Waals surface area contributed by atoms with Crippen LogP contribution in [-0.2, 0) is 6.42 Å². The summed E-state index contributed by atoms with van der Waals surface area (Å²) in [6.45, 7) is 4.46. The van der Waals surface area contributed by atoms with E-state index in [1.165, 1.54) is 17.5 Å². The fourth-order valence-electron chi connectivity index (χ4n) is 2.24. The van der Waals surface area contributed by atoms with E-state index in [-0.39, 0.29) is 0 Å². The quantitative estimate of drug-likeness (QED) is 0.584. The Kier molecular flexibility index (Phi) is 3.08. The molecule has 0 spiro atoms. The van der Waals surface area contributed by atoms with Crippen molar-refractivity contribution in [1.82, 2.24) is 5.43 Å². The average molecular weight is 204 g/mol. The molecule has 0 bridgehead atoms. The Bertz CT molecular complexity index is 318. The van der Waals surface area contributed by atoms with Gasteiger partial charge < -0.3 is 0 Å². The normalized spacial score (nSPS) is 26.3. The van der Waals surface area contributed by atoms with Crippen molar-refractivity contribution >= 4 is 0 Å². The number of benzene rings is 1. The number of hydrogen-bond donors (Lipinski definition) is 2. The average Bonchev–Trinajstić information content (AvgIpc) is 2.98. The molecule has 2 heteroatoms. The van der Waals surface area contributed by atoms with E-state index in [1.807, 2.05) is 0 Å². The molecule has 0 aromatic heterocycles. The molecular weight excluding hydrogens is 184 g/mol. The predicted molar refractivity (Wildman–Crippen MR) is 63.2 cm³/mol. The van der Waals surface area contributed by atoms with Crippen molar-refractivity contribution in [3.63, 3.8) is 0 Å². The van der Waals surface area contributed by atoms with E-state index in [1.54, 1.807) is 0 Å². The van der Waals surface area contributed by atoms with Crippen LogP contribution in [-0.4, -0.2) is 0 Å². The lowest BCUT2D eigenvalue weighted by Crippen LogP contribution is -2.29. The molecular formula is C13H20N2. The van der Waals surface area contributed by atoms with Crippen molar-refractivity contribution in [2.45, 2.75) is 32.7 Å². The van der Waals surface area contributed by atoms with Gasteiger partial charge in [-0.3, -0.25) is 11.3 Å². The Morgan fingerprint density at radius 2 is 2.00 bits per heavy atom. The first-order valence-corrected chi connectivity index (χ1v) is 5.81. The van der Waals surface area contributed by atoms with Crippen LogP contribution in [0.5, 0.6) is 0 Å². The Hall–Kier alpha value is -0.860. The summed E-state index contributed by atoms with van der Waals surface area (Å²) in [7, 11) is 0. The third-order valence-electron chi connectivity index (χ3n) is 3.53. The summed E-state index contributed by atoms with van der Waals surface area (Å²) >= 11 is 0. The maximum absolute atomic E-state index is 5.63. The standard InChI is InChI=1S/C13H20N2/c1-3-10-4-6-11(7-5-10)13(15-14)12-8-9(12)2/h4-7,9,12-13,15H,3,8,14H2,1-2H3. The Morgan fingerprint density at radius 3 is 2.40 bits per heavy atom. The molecule has 1 saturated carbocycles. The highest BCUT2D eigenvalue weighted by atomic mass is 15.2. The number of hydrazine groups is 1. The van der Waals surface area contributed by atoms with Gasteiger partial charge >= 0.3 is 0 Å². The van der Waals surface area contributed by atoms with Gasteiger partial charge in [-0.05, 0) is 35.8 Å². The number of aryl methyl sites for hydroxylation is 1. The van der Waals surface area contributed by atoms with Gasteiger partial charge in [-0.1, -0.05) is 38.1 Å². The van der Waals surface area contributed by atoms with Gasteiger partial charge in [0.05, 0.1) is 0 Å². The second-order valence-corrected chi connectivity index (χ2v) is 4.62. The van der Waals surface area contributed by atoms with Gasteiger partial charge in [-0.25, -0.2) is 0 Å². The Balaban J connectivity index is 2.12. The van der Waals surface area contributed by atoms with Crippen LogP contribution in [0.3, 0.4) is 0 Å². The largest absolute Gasteiger partial charge is 0.271 e. The van der Waals surface area contributed by atoms with Gasteiger partial charge in [-0.2, -0.15) is 0 Å². The number of nitrogens with one attached hydrogen (secondary N) is 1. The van der Waals surface area contributed by atoms with E-state index < -0.39 is 0 Å². The molecule has 0 saturated heterocycles. The van der Waals surface area contributed by atoms with E-state index >= 15 is 0 Å². The minimum absolute atomic E-state index is 0.339. The first-order valence-electron chi connectivity index (χ1n) is 5.81. The van der Waals surface area contributed by atoms with Gasteiger partial charge in [-0.15, -0.1) is 0 Å². The molecule has 1 aliphatic rings. The first kappa shape index (κ1) is 10.7. The summed E-state index contributed by atoms with van der Waals surface area (Å²) in [5.74, 6) is 7.17. The van der Waals surface area contributed by atoms with Crippen molar-refractivity contribution in [3.8, 4) is 0 Å². The van der Waals surface area contributed by atoms with Crippen LogP contribution < -0.4 is 11.3 Å². The first-order chi connectivity index (χ1) is 7.26. The molecule has 1 aromatic rings. The fourth-order valence-corrected chi connectivity index (χ4v) is 2.24. The molecule has 0 aliphatic heterocycles. The van der Waals surface area contributed by atoms with E-state index in [0.717, 1.165) is 18.3 Å². The smallest absolute Gasteiger partial charge is 0.0490 e. The Morgan fingerprint density at radius 1 is 1.40 bits per heavy atom. The van der Waals surface area contributed by atoms with Crippen LogP contribution in [0.4, 0.5) is 0 Å². The number of hydrogen-bond acceptors (Lipinski definition) is 2. The van der Waals surface area contributed by atoms with Crippen LogP contribution >= 0.6 is 0 Å². The maximum atomic E-state index is 5.63. The summed E-state index contributed by atoms with van der Waals surface area (Å²) in [6, 6.07) is 9.15.